The number of hydrogen-bond donors (Lipinski definition) is 1. The Morgan fingerprint density at radius 3 is 2.47 bits per heavy atom. The van der Waals surface area contributed by atoms with Crippen molar-refractivity contribution in [2.45, 2.75) is 64.5 Å². The van der Waals surface area contributed by atoms with Gasteiger partial charge in [0.25, 0.3) is 0 Å². The van der Waals surface area contributed by atoms with Gasteiger partial charge in [-0.3, -0.25) is 0 Å². The van der Waals surface area contributed by atoms with E-state index in [1.165, 1.54) is 25.7 Å². The maximum Gasteiger partial charge on any atom is 0.0634 e. The highest BCUT2D eigenvalue weighted by Crippen LogP contribution is 2.27. The molecule has 1 saturated carbocycles. The Bertz CT molecular complexity index is 173. The van der Waals surface area contributed by atoms with Crippen LogP contribution in [0.15, 0.2) is 0 Å². The molecule has 0 saturated heterocycles. The second-order valence-corrected chi connectivity index (χ2v) is 5.50. The van der Waals surface area contributed by atoms with Gasteiger partial charge in [0.2, 0.25) is 0 Å². The molecule has 1 N–H and O–H groups in total. The number of ether oxygens (including phenoxy) is 1. The van der Waals surface area contributed by atoms with Crippen molar-refractivity contribution >= 4 is 0 Å². The zero-order chi connectivity index (χ0) is 11.3. The smallest absolute Gasteiger partial charge is 0.0634 e. The predicted octanol–water partition coefficient (Wildman–Crippen LogP) is 2.97. The van der Waals surface area contributed by atoms with E-state index in [-0.39, 0.29) is 5.60 Å². The summed E-state index contributed by atoms with van der Waals surface area (Å²) in [4.78, 5) is 0. The van der Waals surface area contributed by atoms with Crippen molar-refractivity contribution in [1.82, 2.24) is 5.32 Å². The highest BCUT2D eigenvalue weighted by Gasteiger charge is 2.22. The third-order valence-electron chi connectivity index (χ3n) is 3.85. The molecule has 1 fully saturated rings. The van der Waals surface area contributed by atoms with Gasteiger partial charge in [-0.2, -0.15) is 0 Å². The molecule has 0 aromatic rings. The average Bonchev–Trinajstić information content (AvgIpc) is 2.70. The molecule has 1 unspecified atom stereocenters. The summed E-state index contributed by atoms with van der Waals surface area (Å²) in [6.07, 6.45) is 6.78. The van der Waals surface area contributed by atoms with E-state index in [0.717, 1.165) is 18.9 Å². The van der Waals surface area contributed by atoms with Crippen molar-refractivity contribution in [1.29, 1.82) is 0 Å². The lowest BCUT2D eigenvalue weighted by atomic mass is 9.99. The molecule has 1 atom stereocenters. The summed E-state index contributed by atoms with van der Waals surface area (Å²) in [5, 5.41) is 3.63. The Balaban J connectivity index is 2.13. The minimum absolute atomic E-state index is 0.0163. The Hall–Kier alpha value is -0.0800. The van der Waals surface area contributed by atoms with Crippen molar-refractivity contribution in [3.05, 3.63) is 0 Å². The molecule has 2 nitrogen and oxygen atoms in total. The van der Waals surface area contributed by atoms with Crippen LogP contribution in [0.3, 0.4) is 0 Å². The van der Waals surface area contributed by atoms with E-state index in [9.17, 15) is 0 Å². The van der Waals surface area contributed by atoms with E-state index in [4.69, 9.17) is 4.74 Å². The van der Waals surface area contributed by atoms with E-state index in [2.05, 4.69) is 26.1 Å². The second kappa shape index (κ2) is 5.86. The molecule has 2 heteroatoms. The van der Waals surface area contributed by atoms with Gasteiger partial charge in [-0.25, -0.2) is 0 Å². The van der Waals surface area contributed by atoms with Crippen LogP contribution in [0.4, 0.5) is 0 Å². The Morgan fingerprint density at radius 1 is 1.33 bits per heavy atom. The maximum atomic E-state index is 5.40. The standard InChI is InChI=1S/C13H27NO/c1-11(12-7-5-6-8-12)14-10-9-13(2,3)15-4/h11-12,14H,5-10H2,1-4H3. The van der Waals surface area contributed by atoms with Crippen molar-refractivity contribution < 1.29 is 4.74 Å². The zero-order valence-electron chi connectivity index (χ0n) is 10.8. The van der Waals surface area contributed by atoms with Crippen LogP contribution in [0.1, 0.15) is 52.9 Å². The summed E-state index contributed by atoms with van der Waals surface area (Å²) in [6.45, 7) is 7.69. The Labute approximate surface area is 94.8 Å². The highest BCUT2D eigenvalue weighted by molar-refractivity contribution is 4.78. The van der Waals surface area contributed by atoms with E-state index in [1.54, 1.807) is 7.11 Å². The fraction of sp³-hybridized carbons (Fsp3) is 1.00. The topological polar surface area (TPSA) is 21.3 Å². The van der Waals surface area contributed by atoms with Gasteiger partial charge in [0, 0.05) is 13.2 Å². The third-order valence-corrected chi connectivity index (χ3v) is 3.85. The zero-order valence-corrected chi connectivity index (χ0v) is 10.8. The van der Waals surface area contributed by atoms with Crippen LogP contribution in [0.2, 0.25) is 0 Å². The molecule has 0 aromatic heterocycles. The van der Waals surface area contributed by atoms with Crippen LogP contribution >= 0.6 is 0 Å². The van der Waals surface area contributed by atoms with Gasteiger partial charge in [0.1, 0.15) is 0 Å². The lowest BCUT2D eigenvalue weighted by Gasteiger charge is -2.26. The Kier molecular flexibility index (Phi) is 5.07. The van der Waals surface area contributed by atoms with E-state index in [0.29, 0.717) is 6.04 Å². The van der Waals surface area contributed by atoms with Crippen LogP contribution in [-0.2, 0) is 4.74 Å². The van der Waals surface area contributed by atoms with Crippen LogP contribution in [0.25, 0.3) is 0 Å². The van der Waals surface area contributed by atoms with Gasteiger partial charge < -0.3 is 10.1 Å². The fourth-order valence-electron chi connectivity index (χ4n) is 2.33. The number of rotatable bonds is 6. The monoisotopic (exact) mass is 213 g/mol. The largest absolute Gasteiger partial charge is 0.379 e. The second-order valence-electron chi connectivity index (χ2n) is 5.50. The highest BCUT2D eigenvalue weighted by atomic mass is 16.5. The minimum Gasteiger partial charge on any atom is -0.379 e. The van der Waals surface area contributed by atoms with Crippen LogP contribution in [-0.4, -0.2) is 25.3 Å². The van der Waals surface area contributed by atoms with Gasteiger partial charge in [-0.1, -0.05) is 12.8 Å². The molecule has 0 radical (unpaired) electrons. The number of methoxy groups -OCH3 is 1. The molecule has 1 rings (SSSR count). The summed E-state index contributed by atoms with van der Waals surface area (Å²) in [6, 6.07) is 0.681. The first-order valence-electron chi connectivity index (χ1n) is 6.34. The molecule has 0 amide bonds. The lowest BCUT2D eigenvalue weighted by Crippen LogP contribution is -2.36. The van der Waals surface area contributed by atoms with Gasteiger partial charge in [-0.05, 0) is 52.5 Å². The molecular weight excluding hydrogens is 186 g/mol. The number of nitrogens with one attached hydrogen (secondary N) is 1. The molecule has 15 heavy (non-hydrogen) atoms. The molecule has 0 bridgehead atoms. The van der Waals surface area contributed by atoms with Crippen molar-refractivity contribution in [3.63, 3.8) is 0 Å². The predicted molar refractivity (Wildman–Crippen MR) is 65.1 cm³/mol. The minimum atomic E-state index is 0.0163. The average molecular weight is 213 g/mol. The van der Waals surface area contributed by atoms with E-state index >= 15 is 0 Å². The number of hydrogen-bond acceptors (Lipinski definition) is 2. The molecule has 0 spiro atoms. The fourth-order valence-corrected chi connectivity index (χ4v) is 2.33. The molecule has 0 heterocycles. The molecule has 90 valence electrons. The summed E-state index contributed by atoms with van der Waals surface area (Å²) >= 11 is 0. The summed E-state index contributed by atoms with van der Waals surface area (Å²) in [5.41, 5.74) is 0.0163. The summed E-state index contributed by atoms with van der Waals surface area (Å²) in [5.74, 6) is 0.913. The van der Waals surface area contributed by atoms with Crippen molar-refractivity contribution in [3.8, 4) is 0 Å². The molecule has 0 aliphatic heterocycles. The first-order chi connectivity index (χ1) is 7.05. The first kappa shape index (κ1) is 13.0. The van der Waals surface area contributed by atoms with Gasteiger partial charge in [0.05, 0.1) is 5.60 Å². The molecular formula is C13H27NO. The quantitative estimate of drug-likeness (QED) is 0.732. The summed E-state index contributed by atoms with van der Waals surface area (Å²) in [7, 11) is 1.79. The maximum absolute atomic E-state index is 5.40. The van der Waals surface area contributed by atoms with Crippen LogP contribution in [0.5, 0.6) is 0 Å². The SMILES string of the molecule is COC(C)(C)CCNC(C)C1CCCC1. The normalized spacial score (nSPS) is 20.8. The lowest BCUT2D eigenvalue weighted by molar-refractivity contribution is 0.0151. The van der Waals surface area contributed by atoms with Crippen LogP contribution < -0.4 is 5.32 Å². The Morgan fingerprint density at radius 2 is 1.93 bits per heavy atom. The van der Waals surface area contributed by atoms with E-state index < -0.39 is 0 Å². The molecule has 1 aliphatic carbocycles. The van der Waals surface area contributed by atoms with Crippen LogP contribution in [0, 0.1) is 5.92 Å². The first-order valence-corrected chi connectivity index (χ1v) is 6.34. The molecule has 0 aromatic carbocycles. The van der Waals surface area contributed by atoms with Crippen molar-refractivity contribution in [2.75, 3.05) is 13.7 Å². The summed E-state index contributed by atoms with van der Waals surface area (Å²) < 4.78 is 5.40. The van der Waals surface area contributed by atoms with Gasteiger partial charge in [-0.15, -0.1) is 0 Å². The van der Waals surface area contributed by atoms with Gasteiger partial charge >= 0.3 is 0 Å². The third kappa shape index (κ3) is 4.52. The van der Waals surface area contributed by atoms with E-state index in [1.807, 2.05) is 0 Å². The molecule has 1 aliphatic rings. The van der Waals surface area contributed by atoms with Crippen molar-refractivity contribution in [2.24, 2.45) is 5.92 Å². The van der Waals surface area contributed by atoms with Gasteiger partial charge in [0.15, 0.2) is 0 Å².